The van der Waals surface area contributed by atoms with E-state index in [2.05, 4.69) is 26.0 Å². The molecule has 2 aromatic heterocycles. The quantitative estimate of drug-likeness (QED) is 0.670. The Morgan fingerprint density at radius 3 is 2.97 bits per heavy atom. The largest absolute Gasteiger partial charge is 0.370 e. The summed E-state index contributed by atoms with van der Waals surface area (Å²) in [5.74, 6) is 0.724. The molecule has 2 fully saturated rings. The third-order valence-electron chi connectivity index (χ3n) is 5.37. The number of urea groups is 1. The number of amides is 2. The van der Waals surface area contributed by atoms with Gasteiger partial charge in [-0.1, -0.05) is 11.3 Å². The summed E-state index contributed by atoms with van der Waals surface area (Å²) in [6, 6.07) is 9.10. The van der Waals surface area contributed by atoms with Crippen molar-refractivity contribution in [3.63, 3.8) is 0 Å². The van der Waals surface area contributed by atoms with Crippen LogP contribution >= 0.6 is 0 Å². The average Bonchev–Trinajstić information content (AvgIpc) is 3.12. The summed E-state index contributed by atoms with van der Waals surface area (Å²) in [6.07, 6.45) is 8.30. The van der Waals surface area contributed by atoms with Crippen LogP contribution in [-0.2, 0) is 11.3 Å². The molecule has 2 amide bonds. The van der Waals surface area contributed by atoms with Crippen LogP contribution in [0.2, 0.25) is 0 Å². The van der Waals surface area contributed by atoms with Crippen molar-refractivity contribution >= 4 is 11.7 Å². The minimum absolute atomic E-state index is 0.0943. The molecule has 2 N–H and O–H groups in total. The molecule has 5 rings (SSSR count). The van der Waals surface area contributed by atoms with Crippen LogP contribution in [-0.4, -0.2) is 43.5 Å². The van der Waals surface area contributed by atoms with E-state index in [0.29, 0.717) is 12.3 Å². The topological polar surface area (TPSA) is 98.9 Å². The standard InChI is InChI=1S/C20H23N7O2/c28-20(23-15-2-1-3-16(12-15)26-10-9-21-25-26)24-17-7-11-29-19(17)18-6-8-22-27(18)13-14-4-5-14/h1-3,6,8-10,12,14,17,19H,4-5,7,11,13H2,(H2,23,24,28)/t17-,19-/m1/s1. The van der Waals surface area contributed by atoms with Gasteiger partial charge in [0.2, 0.25) is 0 Å². The lowest BCUT2D eigenvalue weighted by atomic mass is 10.1. The minimum Gasteiger partial charge on any atom is -0.370 e. The number of anilines is 1. The first kappa shape index (κ1) is 17.9. The van der Waals surface area contributed by atoms with Gasteiger partial charge in [0.05, 0.1) is 29.8 Å². The minimum atomic E-state index is -0.255. The van der Waals surface area contributed by atoms with Crippen LogP contribution in [0.4, 0.5) is 10.5 Å². The molecule has 1 saturated carbocycles. The van der Waals surface area contributed by atoms with Crippen molar-refractivity contribution in [3.8, 4) is 5.69 Å². The molecular weight excluding hydrogens is 370 g/mol. The van der Waals surface area contributed by atoms with Gasteiger partial charge in [0.1, 0.15) is 6.10 Å². The van der Waals surface area contributed by atoms with E-state index in [9.17, 15) is 4.79 Å². The second-order valence-electron chi connectivity index (χ2n) is 7.56. The zero-order chi connectivity index (χ0) is 19.6. The number of nitrogens with zero attached hydrogens (tertiary/aromatic N) is 5. The van der Waals surface area contributed by atoms with E-state index in [-0.39, 0.29) is 18.2 Å². The van der Waals surface area contributed by atoms with Crippen molar-refractivity contribution in [1.82, 2.24) is 30.1 Å². The Morgan fingerprint density at radius 1 is 1.21 bits per heavy atom. The van der Waals surface area contributed by atoms with Crippen LogP contribution in [0.15, 0.2) is 48.9 Å². The van der Waals surface area contributed by atoms with Gasteiger partial charge in [0, 0.05) is 25.0 Å². The Balaban J connectivity index is 1.25. The maximum atomic E-state index is 12.6. The molecule has 2 atom stereocenters. The van der Waals surface area contributed by atoms with Crippen LogP contribution < -0.4 is 10.6 Å². The summed E-state index contributed by atoms with van der Waals surface area (Å²) in [5.41, 5.74) is 2.55. The molecule has 0 unspecified atom stereocenters. The van der Waals surface area contributed by atoms with Crippen molar-refractivity contribution in [3.05, 3.63) is 54.6 Å². The fourth-order valence-corrected chi connectivity index (χ4v) is 3.72. The van der Waals surface area contributed by atoms with E-state index in [1.165, 1.54) is 12.8 Å². The Hall–Kier alpha value is -3.20. The Morgan fingerprint density at radius 2 is 2.14 bits per heavy atom. The Bertz CT molecular complexity index is 980. The Labute approximate surface area is 168 Å². The van der Waals surface area contributed by atoms with Gasteiger partial charge in [-0.15, -0.1) is 5.10 Å². The van der Waals surface area contributed by atoms with E-state index < -0.39 is 0 Å². The highest BCUT2D eigenvalue weighted by Gasteiger charge is 2.34. The summed E-state index contributed by atoms with van der Waals surface area (Å²) >= 11 is 0. The van der Waals surface area contributed by atoms with Crippen molar-refractivity contribution in [1.29, 1.82) is 0 Å². The molecule has 29 heavy (non-hydrogen) atoms. The van der Waals surface area contributed by atoms with Gasteiger partial charge in [0.15, 0.2) is 0 Å². The maximum Gasteiger partial charge on any atom is 0.319 e. The summed E-state index contributed by atoms with van der Waals surface area (Å²) in [5, 5.41) is 18.2. The predicted molar refractivity (Wildman–Crippen MR) is 106 cm³/mol. The maximum absolute atomic E-state index is 12.6. The van der Waals surface area contributed by atoms with Gasteiger partial charge in [0.25, 0.3) is 0 Å². The second kappa shape index (κ2) is 7.67. The lowest BCUT2D eigenvalue weighted by Crippen LogP contribution is -2.40. The number of benzene rings is 1. The number of nitrogens with one attached hydrogen (secondary N) is 2. The highest BCUT2D eigenvalue weighted by Crippen LogP contribution is 2.34. The van der Waals surface area contributed by atoms with Crippen LogP contribution in [0, 0.1) is 5.92 Å². The van der Waals surface area contributed by atoms with Gasteiger partial charge in [-0.05, 0) is 49.4 Å². The average molecular weight is 393 g/mol. The van der Waals surface area contributed by atoms with Gasteiger partial charge in [-0.25, -0.2) is 9.48 Å². The third-order valence-corrected chi connectivity index (χ3v) is 5.37. The van der Waals surface area contributed by atoms with Crippen molar-refractivity contribution in [2.45, 2.75) is 38.0 Å². The van der Waals surface area contributed by atoms with Crippen molar-refractivity contribution in [2.75, 3.05) is 11.9 Å². The molecule has 2 aliphatic rings. The zero-order valence-corrected chi connectivity index (χ0v) is 15.9. The lowest BCUT2D eigenvalue weighted by molar-refractivity contribution is 0.0926. The molecule has 9 heteroatoms. The number of rotatable bonds is 6. The second-order valence-corrected chi connectivity index (χ2v) is 7.56. The van der Waals surface area contributed by atoms with E-state index in [0.717, 1.165) is 30.3 Å². The number of carbonyl (C=O) groups is 1. The third kappa shape index (κ3) is 4.00. The molecule has 0 spiro atoms. The molecule has 1 aliphatic carbocycles. The fraction of sp³-hybridized carbons (Fsp3) is 0.400. The number of ether oxygens (including phenoxy) is 1. The van der Waals surface area contributed by atoms with Crippen molar-refractivity contribution in [2.24, 2.45) is 5.92 Å². The summed E-state index contributed by atoms with van der Waals surface area (Å²) < 4.78 is 9.62. The smallest absolute Gasteiger partial charge is 0.319 e. The number of carbonyl (C=O) groups excluding carboxylic acids is 1. The summed E-state index contributed by atoms with van der Waals surface area (Å²) in [7, 11) is 0. The van der Waals surface area contributed by atoms with E-state index in [1.807, 2.05) is 41.2 Å². The summed E-state index contributed by atoms with van der Waals surface area (Å²) in [6.45, 7) is 1.54. The van der Waals surface area contributed by atoms with E-state index in [4.69, 9.17) is 4.74 Å². The molecule has 1 aliphatic heterocycles. The summed E-state index contributed by atoms with van der Waals surface area (Å²) in [4.78, 5) is 12.6. The van der Waals surface area contributed by atoms with Crippen LogP contribution in [0.5, 0.6) is 0 Å². The van der Waals surface area contributed by atoms with E-state index >= 15 is 0 Å². The van der Waals surface area contributed by atoms with Crippen LogP contribution in [0.3, 0.4) is 0 Å². The van der Waals surface area contributed by atoms with Crippen molar-refractivity contribution < 1.29 is 9.53 Å². The highest BCUT2D eigenvalue weighted by atomic mass is 16.5. The number of hydrogen-bond acceptors (Lipinski definition) is 5. The van der Waals surface area contributed by atoms with Gasteiger partial charge >= 0.3 is 6.03 Å². The number of hydrogen-bond donors (Lipinski definition) is 2. The highest BCUT2D eigenvalue weighted by molar-refractivity contribution is 5.89. The number of aromatic nitrogens is 5. The molecule has 150 valence electrons. The molecule has 3 aromatic rings. The fourth-order valence-electron chi connectivity index (χ4n) is 3.72. The lowest BCUT2D eigenvalue weighted by Gasteiger charge is -2.21. The predicted octanol–water partition coefficient (Wildman–Crippen LogP) is 2.53. The van der Waals surface area contributed by atoms with Gasteiger partial charge in [-0.2, -0.15) is 5.10 Å². The molecule has 0 radical (unpaired) electrons. The van der Waals surface area contributed by atoms with E-state index in [1.54, 1.807) is 17.1 Å². The molecular formula is C20H23N7O2. The van der Waals surface area contributed by atoms with Gasteiger partial charge in [-0.3, -0.25) is 4.68 Å². The normalized spacial score (nSPS) is 21.2. The zero-order valence-electron chi connectivity index (χ0n) is 15.9. The molecule has 1 aromatic carbocycles. The molecule has 9 nitrogen and oxygen atoms in total. The molecule has 1 saturated heterocycles. The first-order valence-electron chi connectivity index (χ1n) is 9.94. The first-order chi connectivity index (χ1) is 14.3. The molecule has 0 bridgehead atoms. The molecule has 3 heterocycles. The Kier molecular flexibility index (Phi) is 4.73. The van der Waals surface area contributed by atoms with Gasteiger partial charge < -0.3 is 15.4 Å². The SMILES string of the molecule is O=C(Nc1cccc(-n2ccnn2)c1)N[C@@H]1CCO[C@H]1c1ccnn1CC1CC1. The first-order valence-corrected chi connectivity index (χ1v) is 9.94. The van der Waals surface area contributed by atoms with Crippen LogP contribution in [0.1, 0.15) is 31.1 Å². The monoisotopic (exact) mass is 393 g/mol. The van der Waals surface area contributed by atoms with Crippen LogP contribution in [0.25, 0.3) is 5.69 Å².